The molecule has 1 fully saturated rings. The molecule has 0 radical (unpaired) electrons. The Morgan fingerprint density at radius 2 is 2.15 bits per heavy atom. The van der Waals surface area contributed by atoms with Crippen LogP contribution in [0.1, 0.15) is 36.0 Å². The average Bonchev–Trinajstić information content (AvgIpc) is 2.87. The van der Waals surface area contributed by atoms with Crippen molar-refractivity contribution in [2.45, 2.75) is 31.2 Å². The van der Waals surface area contributed by atoms with Crippen LogP contribution < -0.4 is 5.32 Å². The number of carboxylic acid groups (broad SMARTS) is 1. The Labute approximate surface area is 123 Å². The number of halogens is 1. The summed E-state index contributed by atoms with van der Waals surface area (Å²) in [6.07, 6.45) is 6.16. The summed E-state index contributed by atoms with van der Waals surface area (Å²) >= 11 is 6.09. The largest absolute Gasteiger partial charge is 0.478 e. The Kier molecular flexibility index (Phi) is 4.50. The van der Waals surface area contributed by atoms with Crippen LogP contribution in [0, 0.1) is 0 Å². The number of nitrogens with zero attached hydrogens (tertiary/aromatic N) is 2. The molecule has 0 saturated heterocycles. The van der Waals surface area contributed by atoms with Crippen molar-refractivity contribution in [3.8, 4) is 0 Å². The predicted molar refractivity (Wildman–Crippen MR) is 79.6 cm³/mol. The molecule has 1 aromatic heterocycles. The highest BCUT2D eigenvalue weighted by Crippen LogP contribution is 2.34. The van der Waals surface area contributed by atoms with E-state index in [4.69, 9.17) is 16.7 Å². The van der Waals surface area contributed by atoms with Gasteiger partial charge in [-0.3, -0.25) is 0 Å². The van der Waals surface area contributed by atoms with Gasteiger partial charge in [-0.2, -0.15) is 0 Å². The molecule has 0 amide bonds. The van der Waals surface area contributed by atoms with Crippen molar-refractivity contribution in [3.63, 3.8) is 0 Å². The molecule has 6 heteroatoms. The first kappa shape index (κ1) is 15.1. The normalized spacial score (nSPS) is 17.4. The van der Waals surface area contributed by atoms with Crippen molar-refractivity contribution in [1.82, 2.24) is 9.88 Å². The lowest BCUT2D eigenvalue weighted by atomic mass is 9.96. The third kappa shape index (κ3) is 2.88. The first-order chi connectivity index (χ1) is 9.46. The molecule has 0 atom stereocenters. The van der Waals surface area contributed by atoms with E-state index in [9.17, 15) is 4.79 Å². The number of anilines is 1. The van der Waals surface area contributed by atoms with Crippen LogP contribution in [0.15, 0.2) is 12.3 Å². The first-order valence-electron chi connectivity index (χ1n) is 6.75. The third-order valence-electron chi connectivity index (χ3n) is 4.19. The van der Waals surface area contributed by atoms with Crippen molar-refractivity contribution in [2.75, 3.05) is 26.0 Å². The minimum Gasteiger partial charge on any atom is -0.478 e. The summed E-state index contributed by atoms with van der Waals surface area (Å²) in [4.78, 5) is 17.4. The van der Waals surface area contributed by atoms with Crippen LogP contribution >= 0.6 is 11.6 Å². The van der Waals surface area contributed by atoms with Crippen molar-refractivity contribution >= 4 is 23.4 Å². The van der Waals surface area contributed by atoms with Crippen LogP contribution in [0.5, 0.6) is 0 Å². The quantitative estimate of drug-likeness (QED) is 0.875. The maximum absolute atomic E-state index is 11.1. The van der Waals surface area contributed by atoms with Gasteiger partial charge in [0, 0.05) is 18.3 Å². The molecule has 1 heterocycles. The number of hydrogen-bond donors (Lipinski definition) is 2. The number of aromatic carboxylic acids is 1. The van der Waals surface area contributed by atoms with E-state index in [1.807, 2.05) is 0 Å². The summed E-state index contributed by atoms with van der Waals surface area (Å²) in [7, 11) is 4.16. The van der Waals surface area contributed by atoms with Crippen molar-refractivity contribution < 1.29 is 9.90 Å². The van der Waals surface area contributed by atoms with Gasteiger partial charge in [0.2, 0.25) is 0 Å². The molecule has 110 valence electrons. The van der Waals surface area contributed by atoms with Gasteiger partial charge in [0.15, 0.2) is 0 Å². The fourth-order valence-corrected chi connectivity index (χ4v) is 3.06. The lowest BCUT2D eigenvalue weighted by Gasteiger charge is -2.36. The van der Waals surface area contributed by atoms with E-state index in [1.54, 1.807) is 0 Å². The van der Waals surface area contributed by atoms with Crippen LogP contribution in [0.2, 0.25) is 5.02 Å². The second-order valence-electron chi connectivity index (χ2n) is 5.51. The highest BCUT2D eigenvalue weighted by Gasteiger charge is 2.35. The minimum absolute atomic E-state index is 0.0782. The van der Waals surface area contributed by atoms with Gasteiger partial charge in [-0.25, -0.2) is 9.78 Å². The van der Waals surface area contributed by atoms with Crippen LogP contribution in [-0.4, -0.2) is 47.1 Å². The lowest BCUT2D eigenvalue weighted by molar-refractivity contribution is 0.0697. The molecule has 0 aromatic carbocycles. The summed E-state index contributed by atoms with van der Waals surface area (Å²) in [5, 5.41) is 12.5. The van der Waals surface area contributed by atoms with Gasteiger partial charge in [-0.05, 0) is 33.0 Å². The summed E-state index contributed by atoms with van der Waals surface area (Å²) in [6.45, 7) is 0.718. The maximum Gasteiger partial charge on any atom is 0.337 e. The highest BCUT2D eigenvalue weighted by atomic mass is 35.5. The Morgan fingerprint density at radius 3 is 2.70 bits per heavy atom. The summed E-state index contributed by atoms with van der Waals surface area (Å²) in [6, 6.07) is 1.41. The van der Waals surface area contributed by atoms with E-state index in [-0.39, 0.29) is 16.1 Å². The van der Waals surface area contributed by atoms with Crippen molar-refractivity contribution in [2.24, 2.45) is 0 Å². The molecule has 1 saturated carbocycles. The minimum atomic E-state index is -1.04. The van der Waals surface area contributed by atoms with E-state index >= 15 is 0 Å². The van der Waals surface area contributed by atoms with Gasteiger partial charge in [-0.15, -0.1) is 0 Å². The molecule has 2 rings (SSSR count). The molecular weight excluding hydrogens is 278 g/mol. The Hall–Kier alpha value is -1.33. The topological polar surface area (TPSA) is 65.5 Å². The molecule has 1 aromatic rings. The second kappa shape index (κ2) is 5.97. The second-order valence-corrected chi connectivity index (χ2v) is 5.88. The van der Waals surface area contributed by atoms with Crippen LogP contribution in [0.3, 0.4) is 0 Å². The SMILES string of the molecule is CN(C)C1(CNc2nccc(C(=O)O)c2Cl)CCCC1. The Bertz CT molecular complexity index is 499. The monoisotopic (exact) mass is 297 g/mol. The van der Waals surface area contributed by atoms with E-state index in [1.165, 1.54) is 25.1 Å². The van der Waals surface area contributed by atoms with Gasteiger partial charge in [-0.1, -0.05) is 24.4 Å². The van der Waals surface area contributed by atoms with Crippen LogP contribution in [-0.2, 0) is 0 Å². The number of hydrogen-bond acceptors (Lipinski definition) is 4. The molecule has 0 bridgehead atoms. The van der Waals surface area contributed by atoms with Crippen LogP contribution in [0.25, 0.3) is 0 Å². The highest BCUT2D eigenvalue weighted by molar-refractivity contribution is 6.35. The zero-order valence-electron chi connectivity index (χ0n) is 11.8. The molecule has 1 aliphatic rings. The van der Waals surface area contributed by atoms with Gasteiger partial charge in [0.05, 0.1) is 10.6 Å². The number of carbonyl (C=O) groups is 1. The number of likely N-dealkylation sites (N-methyl/N-ethyl adjacent to an activating group) is 1. The predicted octanol–water partition coefficient (Wildman–Crippen LogP) is 2.72. The first-order valence-corrected chi connectivity index (χ1v) is 7.13. The van der Waals surface area contributed by atoms with Crippen molar-refractivity contribution in [3.05, 3.63) is 22.8 Å². The summed E-state index contributed by atoms with van der Waals surface area (Å²) < 4.78 is 0. The number of aromatic nitrogens is 1. The molecular formula is C14H20ClN3O2. The Morgan fingerprint density at radius 1 is 1.50 bits per heavy atom. The molecule has 20 heavy (non-hydrogen) atoms. The summed E-state index contributed by atoms with van der Waals surface area (Å²) in [5.41, 5.74) is 0.180. The van der Waals surface area contributed by atoms with E-state index in [0.717, 1.165) is 19.4 Å². The fraction of sp³-hybridized carbons (Fsp3) is 0.571. The van der Waals surface area contributed by atoms with E-state index in [2.05, 4.69) is 29.3 Å². The molecule has 2 N–H and O–H groups in total. The number of carboxylic acids is 1. The lowest BCUT2D eigenvalue weighted by Crippen LogP contribution is -2.47. The van der Waals surface area contributed by atoms with Crippen LogP contribution in [0.4, 0.5) is 5.82 Å². The molecule has 0 spiro atoms. The van der Waals surface area contributed by atoms with E-state index < -0.39 is 5.97 Å². The molecule has 1 aliphatic carbocycles. The fourth-order valence-electron chi connectivity index (χ4n) is 2.80. The number of nitrogens with one attached hydrogen (secondary N) is 1. The number of pyridine rings is 1. The molecule has 5 nitrogen and oxygen atoms in total. The maximum atomic E-state index is 11.1. The zero-order valence-corrected chi connectivity index (χ0v) is 12.6. The standard InChI is InChI=1S/C14H20ClN3O2/c1-18(2)14(6-3-4-7-14)9-17-12-11(15)10(13(19)20)5-8-16-12/h5,8H,3-4,6-7,9H2,1-2H3,(H,16,17)(H,19,20). The van der Waals surface area contributed by atoms with E-state index in [0.29, 0.717) is 5.82 Å². The number of rotatable bonds is 5. The smallest absolute Gasteiger partial charge is 0.337 e. The van der Waals surface area contributed by atoms with Gasteiger partial charge in [0.1, 0.15) is 5.82 Å². The van der Waals surface area contributed by atoms with Gasteiger partial charge in [0.25, 0.3) is 0 Å². The zero-order chi connectivity index (χ0) is 14.8. The third-order valence-corrected chi connectivity index (χ3v) is 4.57. The molecule has 0 unspecified atom stereocenters. The molecule has 0 aliphatic heterocycles. The van der Waals surface area contributed by atoms with Crippen molar-refractivity contribution in [1.29, 1.82) is 0 Å². The summed E-state index contributed by atoms with van der Waals surface area (Å²) in [5.74, 6) is -0.594. The Balaban J connectivity index is 2.15. The van der Waals surface area contributed by atoms with Gasteiger partial charge < -0.3 is 15.3 Å². The van der Waals surface area contributed by atoms with Gasteiger partial charge >= 0.3 is 5.97 Å². The average molecular weight is 298 g/mol.